The quantitative estimate of drug-likeness (QED) is 0.863. The Balaban J connectivity index is 1.44. The molecule has 1 amide bonds. The first kappa shape index (κ1) is 18.6. The van der Waals surface area contributed by atoms with Crippen LogP contribution in [0, 0.1) is 5.92 Å². The number of methoxy groups -OCH3 is 1. The minimum absolute atomic E-state index is 0.0473. The average molecular weight is 373 g/mol. The number of fused-ring (bicyclic) bond motifs is 1. The highest BCUT2D eigenvalue weighted by Crippen LogP contribution is 2.33. The van der Waals surface area contributed by atoms with E-state index in [4.69, 9.17) is 9.47 Å². The molecule has 27 heavy (non-hydrogen) atoms. The number of nitrogens with one attached hydrogen (secondary N) is 1. The Labute approximate surface area is 162 Å². The maximum absolute atomic E-state index is 13.2. The Hall–Kier alpha value is -1.75. The highest BCUT2D eigenvalue weighted by atomic mass is 16.5. The van der Waals surface area contributed by atoms with Gasteiger partial charge >= 0.3 is 0 Å². The van der Waals surface area contributed by atoms with Gasteiger partial charge in [-0.05, 0) is 69.0 Å². The van der Waals surface area contributed by atoms with E-state index in [1.54, 1.807) is 7.11 Å². The van der Waals surface area contributed by atoms with Gasteiger partial charge in [0.2, 0.25) is 5.91 Å². The van der Waals surface area contributed by atoms with Gasteiger partial charge in [0, 0.05) is 6.54 Å². The largest absolute Gasteiger partial charge is 0.497 e. The summed E-state index contributed by atoms with van der Waals surface area (Å²) in [7, 11) is 1.67. The molecule has 4 rings (SSSR count). The highest BCUT2D eigenvalue weighted by Gasteiger charge is 2.38. The molecule has 5 heteroatoms. The first-order valence-electron chi connectivity index (χ1n) is 10.5. The summed E-state index contributed by atoms with van der Waals surface area (Å²) in [5.41, 5.74) is 1.02. The fourth-order valence-electron chi connectivity index (χ4n) is 4.95. The van der Waals surface area contributed by atoms with Crippen LogP contribution in [0.3, 0.4) is 0 Å². The third-order valence-electron chi connectivity index (χ3n) is 6.47. The van der Waals surface area contributed by atoms with Crippen molar-refractivity contribution in [3.05, 3.63) is 23.8 Å². The Morgan fingerprint density at radius 3 is 2.74 bits per heavy atom. The molecule has 1 aromatic carbocycles. The van der Waals surface area contributed by atoms with Crippen LogP contribution in [0.2, 0.25) is 0 Å². The first-order chi connectivity index (χ1) is 13.2. The molecule has 148 valence electrons. The van der Waals surface area contributed by atoms with Gasteiger partial charge in [-0.1, -0.05) is 19.3 Å². The molecule has 2 aliphatic heterocycles. The van der Waals surface area contributed by atoms with E-state index < -0.39 is 0 Å². The molecule has 2 fully saturated rings. The van der Waals surface area contributed by atoms with E-state index in [1.807, 2.05) is 18.2 Å². The number of likely N-dealkylation sites (tertiary alicyclic amines) is 1. The van der Waals surface area contributed by atoms with Crippen molar-refractivity contribution in [3.8, 4) is 11.5 Å². The molecule has 0 spiro atoms. The number of nitrogens with zero attached hydrogens (tertiary/aromatic N) is 1. The fraction of sp³-hybridized carbons (Fsp3) is 0.682. The predicted molar refractivity (Wildman–Crippen MR) is 105 cm³/mol. The normalized spacial score (nSPS) is 24.7. The lowest BCUT2D eigenvalue weighted by Gasteiger charge is -2.42. The zero-order valence-electron chi connectivity index (χ0n) is 16.5. The standard InChI is InChI=1S/C22H32N2O3/c1-26-19-7-8-20-17(14-19)13-18(15-27-20)21(25)23-22(9-3-2-4-10-22)16-24-11-5-6-12-24/h7-8,14,18H,2-6,9-13,15-16H2,1H3,(H,23,25)/t18-/m1/s1. The fourth-order valence-corrected chi connectivity index (χ4v) is 4.95. The summed E-state index contributed by atoms with van der Waals surface area (Å²) >= 11 is 0. The van der Waals surface area contributed by atoms with Crippen molar-refractivity contribution in [3.63, 3.8) is 0 Å². The van der Waals surface area contributed by atoms with Crippen molar-refractivity contribution in [2.75, 3.05) is 33.4 Å². The second-order valence-electron chi connectivity index (χ2n) is 8.50. The topological polar surface area (TPSA) is 50.8 Å². The van der Waals surface area contributed by atoms with Crippen LogP contribution < -0.4 is 14.8 Å². The minimum atomic E-state index is -0.123. The van der Waals surface area contributed by atoms with Crippen molar-refractivity contribution in [2.45, 2.75) is 56.9 Å². The highest BCUT2D eigenvalue weighted by molar-refractivity contribution is 5.80. The predicted octanol–water partition coefficient (Wildman–Crippen LogP) is 3.16. The van der Waals surface area contributed by atoms with Crippen LogP contribution in [0.5, 0.6) is 11.5 Å². The maximum atomic E-state index is 13.2. The summed E-state index contributed by atoms with van der Waals surface area (Å²) in [6, 6.07) is 5.85. The minimum Gasteiger partial charge on any atom is -0.497 e. The number of rotatable bonds is 5. The number of carbonyl (C=O) groups is 1. The third kappa shape index (κ3) is 4.23. The summed E-state index contributed by atoms with van der Waals surface area (Å²) in [4.78, 5) is 15.7. The summed E-state index contributed by atoms with van der Waals surface area (Å²) < 4.78 is 11.2. The second-order valence-corrected chi connectivity index (χ2v) is 8.50. The zero-order valence-corrected chi connectivity index (χ0v) is 16.5. The Morgan fingerprint density at radius 2 is 2.00 bits per heavy atom. The van der Waals surface area contributed by atoms with Crippen LogP contribution in [-0.2, 0) is 11.2 Å². The van der Waals surface area contributed by atoms with E-state index in [0.29, 0.717) is 6.61 Å². The summed E-state index contributed by atoms with van der Waals surface area (Å²) in [6.07, 6.45) is 9.23. The molecule has 0 bridgehead atoms. The van der Waals surface area contributed by atoms with E-state index >= 15 is 0 Å². The molecule has 3 aliphatic rings. The number of ether oxygens (including phenoxy) is 2. The summed E-state index contributed by atoms with van der Waals surface area (Å²) in [5.74, 6) is 1.73. The van der Waals surface area contributed by atoms with Crippen LogP contribution in [0.15, 0.2) is 18.2 Å². The lowest BCUT2D eigenvalue weighted by atomic mass is 9.80. The van der Waals surface area contributed by atoms with E-state index in [2.05, 4.69) is 10.2 Å². The van der Waals surface area contributed by atoms with Gasteiger partial charge in [0.15, 0.2) is 0 Å². The van der Waals surface area contributed by atoms with Crippen molar-refractivity contribution in [2.24, 2.45) is 5.92 Å². The van der Waals surface area contributed by atoms with Crippen LogP contribution in [0.25, 0.3) is 0 Å². The van der Waals surface area contributed by atoms with Crippen molar-refractivity contribution in [1.29, 1.82) is 0 Å². The Morgan fingerprint density at radius 1 is 1.22 bits per heavy atom. The molecule has 5 nitrogen and oxygen atoms in total. The van der Waals surface area contributed by atoms with E-state index in [1.165, 1.54) is 45.2 Å². The summed E-state index contributed by atoms with van der Waals surface area (Å²) in [5, 5.41) is 3.50. The molecule has 2 heterocycles. The molecule has 1 N–H and O–H groups in total. The molecule has 1 aromatic rings. The Bertz CT molecular complexity index is 664. The molecule has 0 unspecified atom stereocenters. The van der Waals surface area contributed by atoms with Gasteiger partial charge < -0.3 is 19.7 Å². The molecule has 1 saturated heterocycles. The molecular weight excluding hydrogens is 340 g/mol. The van der Waals surface area contributed by atoms with Gasteiger partial charge in [-0.25, -0.2) is 0 Å². The van der Waals surface area contributed by atoms with Crippen molar-refractivity contribution in [1.82, 2.24) is 10.2 Å². The molecule has 0 radical (unpaired) electrons. The smallest absolute Gasteiger partial charge is 0.227 e. The number of carbonyl (C=O) groups excluding carboxylic acids is 1. The van der Waals surface area contributed by atoms with Crippen LogP contribution in [0.4, 0.5) is 0 Å². The maximum Gasteiger partial charge on any atom is 0.227 e. The Kier molecular flexibility index (Phi) is 5.58. The van der Waals surface area contributed by atoms with Gasteiger partial charge in [0.1, 0.15) is 18.1 Å². The third-order valence-corrected chi connectivity index (χ3v) is 6.47. The van der Waals surface area contributed by atoms with Gasteiger partial charge in [0.25, 0.3) is 0 Å². The van der Waals surface area contributed by atoms with Crippen LogP contribution >= 0.6 is 0 Å². The number of benzene rings is 1. The second kappa shape index (κ2) is 8.09. The first-order valence-corrected chi connectivity index (χ1v) is 10.5. The van der Waals surface area contributed by atoms with Gasteiger partial charge in [-0.3, -0.25) is 4.79 Å². The molecule has 0 aromatic heterocycles. The molecular formula is C22H32N2O3. The van der Waals surface area contributed by atoms with Crippen molar-refractivity contribution >= 4 is 5.91 Å². The molecule has 1 saturated carbocycles. The molecule has 1 aliphatic carbocycles. The van der Waals surface area contributed by atoms with Crippen LogP contribution in [0.1, 0.15) is 50.5 Å². The number of amides is 1. The average Bonchev–Trinajstić information content (AvgIpc) is 3.20. The van der Waals surface area contributed by atoms with E-state index in [-0.39, 0.29) is 17.4 Å². The monoisotopic (exact) mass is 372 g/mol. The van der Waals surface area contributed by atoms with Crippen LogP contribution in [-0.4, -0.2) is 49.7 Å². The summed E-state index contributed by atoms with van der Waals surface area (Å²) in [6.45, 7) is 3.83. The van der Waals surface area contributed by atoms with Gasteiger partial charge in [0.05, 0.1) is 18.6 Å². The lowest BCUT2D eigenvalue weighted by Crippen LogP contribution is -2.58. The van der Waals surface area contributed by atoms with E-state index in [9.17, 15) is 4.79 Å². The number of hydrogen-bond acceptors (Lipinski definition) is 4. The van der Waals surface area contributed by atoms with Gasteiger partial charge in [-0.2, -0.15) is 0 Å². The van der Waals surface area contributed by atoms with E-state index in [0.717, 1.165) is 42.9 Å². The number of hydrogen-bond donors (Lipinski definition) is 1. The van der Waals surface area contributed by atoms with Crippen molar-refractivity contribution < 1.29 is 14.3 Å². The zero-order chi connectivity index (χ0) is 18.7. The SMILES string of the molecule is COc1ccc2c(c1)C[C@@H](C(=O)NC1(CN3CCCC3)CCCCC1)CO2. The lowest BCUT2D eigenvalue weighted by molar-refractivity contribution is -0.129. The molecule has 1 atom stereocenters. The van der Waals surface area contributed by atoms with Gasteiger partial charge in [-0.15, -0.1) is 0 Å².